The number of nitrogens with zero attached hydrogens (tertiary/aromatic N) is 1. The smallest absolute Gasteiger partial charge is 0.245 e. The second-order valence-corrected chi connectivity index (χ2v) is 7.24. The molecule has 1 fully saturated rings. The van der Waals surface area contributed by atoms with Crippen LogP contribution in [0.25, 0.3) is 0 Å². The van der Waals surface area contributed by atoms with Gasteiger partial charge >= 0.3 is 0 Å². The summed E-state index contributed by atoms with van der Waals surface area (Å²) in [6.07, 6.45) is 5.00. The van der Waals surface area contributed by atoms with E-state index in [-0.39, 0.29) is 5.91 Å². The van der Waals surface area contributed by atoms with Gasteiger partial charge in [0.15, 0.2) is 0 Å². The van der Waals surface area contributed by atoms with Gasteiger partial charge in [-0.3, -0.25) is 4.79 Å². The van der Waals surface area contributed by atoms with E-state index < -0.39 is 6.04 Å². The molecule has 114 valence electrons. The molecule has 1 atom stereocenters. The number of fused-ring (bicyclic) bond motifs is 1. The van der Waals surface area contributed by atoms with Crippen LogP contribution in [0.15, 0.2) is 18.2 Å². The Bertz CT molecular complexity index is 557. The Balaban J connectivity index is 1.76. The molecule has 21 heavy (non-hydrogen) atoms. The quantitative estimate of drug-likeness (QED) is 0.879. The Morgan fingerprint density at radius 1 is 1.29 bits per heavy atom. The normalized spacial score (nSPS) is 24.6. The highest BCUT2D eigenvalue weighted by atomic mass is 16.2. The minimum absolute atomic E-state index is 0.107. The van der Waals surface area contributed by atoms with Crippen molar-refractivity contribution in [2.45, 2.75) is 51.6 Å². The van der Waals surface area contributed by atoms with Gasteiger partial charge in [-0.25, -0.2) is 0 Å². The zero-order valence-electron chi connectivity index (χ0n) is 13.1. The molecule has 0 bridgehead atoms. The van der Waals surface area contributed by atoms with Gasteiger partial charge in [0, 0.05) is 30.0 Å². The van der Waals surface area contributed by atoms with E-state index in [1.165, 1.54) is 25.7 Å². The van der Waals surface area contributed by atoms with E-state index in [1.807, 2.05) is 6.07 Å². The summed E-state index contributed by atoms with van der Waals surface area (Å²) in [5, 5.41) is 2.87. The first-order valence-corrected chi connectivity index (χ1v) is 7.81. The van der Waals surface area contributed by atoms with E-state index in [0.29, 0.717) is 11.5 Å². The third kappa shape index (κ3) is 2.64. The van der Waals surface area contributed by atoms with Crippen LogP contribution in [-0.4, -0.2) is 19.0 Å². The molecule has 0 radical (unpaired) electrons. The molecular formula is C17H25N3O. The predicted molar refractivity (Wildman–Crippen MR) is 86.4 cm³/mol. The van der Waals surface area contributed by atoms with Gasteiger partial charge in [-0.2, -0.15) is 0 Å². The Morgan fingerprint density at radius 2 is 1.95 bits per heavy atom. The van der Waals surface area contributed by atoms with E-state index in [4.69, 9.17) is 5.73 Å². The van der Waals surface area contributed by atoms with Crippen molar-refractivity contribution in [1.82, 2.24) is 0 Å². The number of nitrogens with one attached hydrogen (secondary N) is 1. The molecule has 1 saturated carbocycles. The van der Waals surface area contributed by atoms with E-state index in [0.717, 1.165) is 16.9 Å². The molecule has 3 rings (SSSR count). The van der Waals surface area contributed by atoms with Crippen LogP contribution in [0.1, 0.15) is 51.1 Å². The van der Waals surface area contributed by atoms with Crippen LogP contribution in [-0.2, 0) is 4.79 Å². The number of carbonyl (C=O) groups is 1. The molecule has 0 aromatic heterocycles. The summed E-state index contributed by atoms with van der Waals surface area (Å²) in [7, 11) is 2.15. The number of rotatable bonds is 2. The van der Waals surface area contributed by atoms with Gasteiger partial charge in [0.25, 0.3) is 0 Å². The molecule has 0 spiro atoms. The highest BCUT2D eigenvalue weighted by Gasteiger charge is 2.30. The first-order chi connectivity index (χ1) is 9.87. The molecule has 4 heteroatoms. The average Bonchev–Trinajstić information content (AvgIpc) is 2.73. The Hall–Kier alpha value is -1.55. The van der Waals surface area contributed by atoms with Crippen LogP contribution in [0.4, 0.5) is 11.4 Å². The van der Waals surface area contributed by atoms with Gasteiger partial charge in [0.05, 0.1) is 0 Å². The fourth-order valence-electron chi connectivity index (χ4n) is 3.48. The number of amides is 1. The molecule has 3 N–H and O–H groups in total. The molecule has 1 aromatic carbocycles. The molecule has 4 nitrogen and oxygen atoms in total. The standard InChI is InChI=1S/C17H25N3O/c1-17(2)8-6-11(7-9-17)20(3)12-4-5-13-14(10-12)19-16(21)15(13)18/h4-5,10-11,15H,6-9,18H2,1-3H3,(H,19,21). The lowest BCUT2D eigenvalue weighted by Gasteiger charge is -2.39. The van der Waals surface area contributed by atoms with Crippen LogP contribution < -0.4 is 16.0 Å². The number of anilines is 2. The second kappa shape index (κ2) is 5.02. The van der Waals surface area contributed by atoms with Gasteiger partial charge in [-0.15, -0.1) is 0 Å². The van der Waals surface area contributed by atoms with Gasteiger partial charge in [0.1, 0.15) is 6.04 Å². The van der Waals surface area contributed by atoms with Crippen molar-refractivity contribution >= 4 is 17.3 Å². The van der Waals surface area contributed by atoms with E-state index in [1.54, 1.807) is 0 Å². The van der Waals surface area contributed by atoms with Crippen molar-refractivity contribution < 1.29 is 4.79 Å². The summed E-state index contributed by atoms with van der Waals surface area (Å²) in [6, 6.07) is 6.19. The largest absolute Gasteiger partial charge is 0.372 e. The summed E-state index contributed by atoms with van der Waals surface area (Å²) in [4.78, 5) is 14.0. The molecule has 1 aliphatic carbocycles. The molecule has 1 aromatic rings. The van der Waals surface area contributed by atoms with Crippen molar-refractivity contribution in [2.75, 3.05) is 17.3 Å². The number of hydrogen-bond acceptors (Lipinski definition) is 3. The van der Waals surface area contributed by atoms with Crippen molar-refractivity contribution in [1.29, 1.82) is 0 Å². The summed E-state index contributed by atoms with van der Waals surface area (Å²) < 4.78 is 0. The summed E-state index contributed by atoms with van der Waals surface area (Å²) in [5.74, 6) is -0.107. The van der Waals surface area contributed by atoms with Crippen LogP contribution in [0.2, 0.25) is 0 Å². The maximum atomic E-state index is 11.6. The van der Waals surface area contributed by atoms with Gasteiger partial charge in [-0.05, 0) is 43.2 Å². The maximum absolute atomic E-state index is 11.6. The Morgan fingerprint density at radius 3 is 2.62 bits per heavy atom. The zero-order chi connectivity index (χ0) is 15.2. The maximum Gasteiger partial charge on any atom is 0.245 e. The Labute approximate surface area is 126 Å². The summed E-state index contributed by atoms with van der Waals surface area (Å²) in [5.41, 5.74) is 9.28. The van der Waals surface area contributed by atoms with Crippen LogP contribution >= 0.6 is 0 Å². The first-order valence-electron chi connectivity index (χ1n) is 7.81. The van der Waals surface area contributed by atoms with E-state index in [9.17, 15) is 4.79 Å². The van der Waals surface area contributed by atoms with E-state index in [2.05, 4.69) is 43.2 Å². The first kappa shape index (κ1) is 14.4. The lowest BCUT2D eigenvalue weighted by molar-refractivity contribution is -0.116. The minimum atomic E-state index is -0.519. The van der Waals surface area contributed by atoms with Crippen molar-refractivity contribution in [3.8, 4) is 0 Å². The number of benzene rings is 1. The van der Waals surface area contributed by atoms with Crippen molar-refractivity contribution in [3.05, 3.63) is 23.8 Å². The molecule has 1 unspecified atom stereocenters. The zero-order valence-corrected chi connectivity index (χ0v) is 13.1. The lowest BCUT2D eigenvalue weighted by atomic mass is 9.75. The molecule has 1 amide bonds. The SMILES string of the molecule is CN(c1ccc2c(c1)NC(=O)C2N)C1CCC(C)(C)CC1. The fourth-order valence-corrected chi connectivity index (χ4v) is 3.48. The second-order valence-electron chi connectivity index (χ2n) is 7.24. The monoisotopic (exact) mass is 287 g/mol. The number of hydrogen-bond donors (Lipinski definition) is 2. The topological polar surface area (TPSA) is 58.4 Å². The average molecular weight is 287 g/mol. The number of nitrogens with two attached hydrogens (primary N) is 1. The number of carbonyl (C=O) groups excluding carboxylic acids is 1. The van der Waals surface area contributed by atoms with Crippen LogP contribution in [0.3, 0.4) is 0 Å². The molecule has 1 aliphatic heterocycles. The summed E-state index contributed by atoms with van der Waals surface area (Å²) >= 11 is 0. The fraction of sp³-hybridized carbons (Fsp3) is 0.588. The third-order valence-electron chi connectivity index (χ3n) is 5.18. The highest BCUT2D eigenvalue weighted by Crippen LogP contribution is 2.39. The molecule has 1 heterocycles. The summed E-state index contributed by atoms with van der Waals surface area (Å²) in [6.45, 7) is 4.71. The van der Waals surface area contributed by atoms with Crippen LogP contribution in [0, 0.1) is 5.41 Å². The Kier molecular flexibility index (Phi) is 3.44. The van der Waals surface area contributed by atoms with Gasteiger partial charge < -0.3 is 16.0 Å². The van der Waals surface area contributed by atoms with E-state index >= 15 is 0 Å². The van der Waals surface area contributed by atoms with Gasteiger partial charge in [-0.1, -0.05) is 19.9 Å². The minimum Gasteiger partial charge on any atom is -0.372 e. The van der Waals surface area contributed by atoms with Crippen LogP contribution in [0.5, 0.6) is 0 Å². The molecular weight excluding hydrogens is 262 g/mol. The van der Waals surface area contributed by atoms with Crippen molar-refractivity contribution in [2.24, 2.45) is 11.1 Å². The third-order valence-corrected chi connectivity index (χ3v) is 5.18. The molecule has 0 saturated heterocycles. The molecule has 2 aliphatic rings. The van der Waals surface area contributed by atoms with Gasteiger partial charge in [0.2, 0.25) is 5.91 Å². The lowest BCUT2D eigenvalue weighted by Crippen LogP contribution is -2.37. The van der Waals surface area contributed by atoms with Crippen molar-refractivity contribution in [3.63, 3.8) is 0 Å². The highest BCUT2D eigenvalue weighted by molar-refractivity contribution is 6.02. The predicted octanol–water partition coefficient (Wildman–Crippen LogP) is 3.04.